The van der Waals surface area contributed by atoms with Gasteiger partial charge in [-0.05, 0) is 24.3 Å². The first-order valence-corrected chi connectivity index (χ1v) is 9.20. The maximum atomic E-state index is 13.7. The summed E-state index contributed by atoms with van der Waals surface area (Å²) in [4.78, 5) is 4.18. The minimum atomic E-state index is -2.29. The molecule has 1 atom stereocenters. The highest BCUT2D eigenvalue weighted by Gasteiger charge is 2.12. The fraction of sp³-hybridized carbons (Fsp3) is 0.0625. The number of aromatic nitrogens is 1. The fourth-order valence-electron chi connectivity index (χ4n) is 2.23. The topological polar surface area (TPSA) is 97.5 Å². The van der Waals surface area contributed by atoms with Gasteiger partial charge in [0.1, 0.15) is 12.4 Å². The van der Waals surface area contributed by atoms with Gasteiger partial charge in [0.05, 0.1) is 11.4 Å². The molecule has 2 aromatic carbocycles. The molecule has 0 aliphatic rings. The molecular weight excluding hydrogens is 384 g/mol. The Kier molecular flexibility index (Phi) is 5.45. The summed E-state index contributed by atoms with van der Waals surface area (Å²) in [6, 6.07) is 7.93. The van der Waals surface area contributed by atoms with Crippen molar-refractivity contribution in [2.24, 2.45) is 0 Å². The average Bonchev–Trinajstić information content (AvgIpc) is 3.01. The number of hydrogen-bond donors (Lipinski definition) is 3. The van der Waals surface area contributed by atoms with Crippen LogP contribution in [0.4, 0.5) is 19.6 Å². The van der Waals surface area contributed by atoms with Crippen molar-refractivity contribution in [2.75, 3.05) is 10.5 Å². The van der Waals surface area contributed by atoms with Gasteiger partial charge in [-0.1, -0.05) is 6.07 Å². The van der Waals surface area contributed by atoms with Crippen LogP contribution in [-0.4, -0.2) is 13.7 Å². The smallest absolute Gasteiger partial charge is 0.259 e. The van der Waals surface area contributed by atoms with E-state index < -0.39 is 22.9 Å². The van der Waals surface area contributed by atoms with Crippen molar-refractivity contribution in [3.8, 4) is 17.0 Å². The van der Waals surface area contributed by atoms with Crippen LogP contribution in [0.3, 0.4) is 0 Å². The molecule has 0 saturated heterocycles. The number of rotatable bonds is 6. The Morgan fingerprint density at radius 2 is 2.08 bits per heavy atom. The molecule has 0 aliphatic carbocycles. The maximum absolute atomic E-state index is 13.7. The van der Waals surface area contributed by atoms with Crippen molar-refractivity contribution in [2.45, 2.75) is 6.61 Å². The summed E-state index contributed by atoms with van der Waals surface area (Å²) >= 11 is -1.01. The second kappa shape index (κ2) is 7.77. The molecule has 0 fully saturated rings. The van der Waals surface area contributed by atoms with Gasteiger partial charge >= 0.3 is 0 Å². The predicted octanol–water partition coefficient (Wildman–Crippen LogP) is 3.80. The van der Waals surface area contributed by atoms with Gasteiger partial charge in [0.2, 0.25) is 0 Å². The van der Waals surface area contributed by atoms with Gasteiger partial charge in [-0.15, -0.1) is 11.3 Å². The van der Waals surface area contributed by atoms with E-state index in [4.69, 9.17) is 15.0 Å². The van der Waals surface area contributed by atoms with E-state index >= 15 is 0 Å². The molecule has 0 amide bonds. The zero-order chi connectivity index (χ0) is 18.7. The number of halogens is 2. The zero-order valence-corrected chi connectivity index (χ0v) is 14.7. The second-order valence-electron chi connectivity index (χ2n) is 5.16. The number of anilines is 2. The van der Waals surface area contributed by atoms with E-state index in [1.165, 1.54) is 17.4 Å². The highest BCUT2D eigenvalue weighted by molar-refractivity contribution is 7.80. The quantitative estimate of drug-likeness (QED) is 0.550. The molecule has 0 bridgehead atoms. The molecule has 0 saturated carbocycles. The monoisotopic (exact) mass is 397 g/mol. The molecule has 3 aromatic rings. The third-order valence-corrected chi connectivity index (χ3v) is 4.47. The summed E-state index contributed by atoms with van der Waals surface area (Å²) < 4.78 is 54.6. The van der Waals surface area contributed by atoms with Gasteiger partial charge in [0.15, 0.2) is 16.7 Å². The van der Waals surface area contributed by atoms with Crippen LogP contribution in [0.15, 0.2) is 41.8 Å². The van der Waals surface area contributed by atoms with Crippen LogP contribution < -0.4 is 15.2 Å². The summed E-state index contributed by atoms with van der Waals surface area (Å²) in [5.74, 6) is -1.68. The lowest BCUT2D eigenvalue weighted by Crippen LogP contribution is -2.07. The van der Waals surface area contributed by atoms with Crippen LogP contribution in [0, 0.1) is 11.6 Å². The Morgan fingerprint density at radius 3 is 2.73 bits per heavy atom. The number of nitrogen functional groups attached to an aromatic ring is 1. The maximum Gasteiger partial charge on any atom is 0.259 e. The summed E-state index contributed by atoms with van der Waals surface area (Å²) in [5, 5.41) is 2.18. The lowest BCUT2D eigenvalue weighted by Gasteiger charge is -2.13. The van der Waals surface area contributed by atoms with Gasteiger partial charge in [0, 0.05) is 22.6 Å². The molecule has 0 spiro atoms. The van der Waals surface area contributed by atoms with E-state index in [0.29, 0.717) is 33.7 Å². The number of benzene rings is 2. The molecule has 4 N–H and O–H groups in total. The lowest BCUT2D eigenvalue weighted by molar-refractivity contribution is 0.290. The number of nitrogens with one attached hydrogen (secondary N) is 1. The van der Waals surface area contributed by atoms with Crippen LogP contribution in [0.2, 0.25) is 0 Å². The standard InChI is InChI=1S/C16H13F2N3O3S2/c17-11-2-4-15(12(18)6-11)24-7-10-5-9(14-8-25-16(19)20-14)1-3-13(10)21-26(22)23/h1-6,8,21H,7H2,(H2,19,20)(H,22,23). The molecule has 1 unspecified atom stereocenters. The van der Waals surface area contributed by atoms with Crippen LogP contribution in [0.1, 0.15) is 5.56 Å². The van der Waals surface area contributed by atoms with Gasteiger partial charge in [-0.2, -0.15) is 0 Å². The van der Waals surface area contributed by atoms with Crippen molar-refractivity contribution >= 4 is 33.4 Å². The number of nitrogens with two attached hydrogens (primary N) is 1. The summed E-state index contributed by atoms with van der Waals surface area (Å²) in [6.07, 6.45) is 0. The molecule has 1 aromatic heterocycles. The Balaban J connectivity index is 1.89. The first-order valence-electron chi connectivity index (χ1n) is 7.22. The molecule has 0 aliphatic heterocycles. The molecule has 10 heteroatoms. The molecule has 6 nitrogen and oxygen atoms in total. The van der Waals surface area contributed by atoms with E-state index in [9.17, 15) is 13.0 Å². The molecule has 26 heavy (non-hydrogen) atoms. The Morgan fingerprint density at radius 1 is 1.27 bits per heavy atom. The van der Waals surface area contributed by atoms with Gasteiger partial charge < -0.3 is 10.5 Å². The van der Waals surface area contributed by atoms with Gasteiger partial charge in [0.25, 0.3) is 11.3 Å². The van der Waals surface area contributed by atoms with Gasteiger partial charge in [-0.3, -0.25) is 9.27 Å². The van der Waals surface area contributed by atoms with Crippen molar-refractivity contribution in [1.29, 1.82) is 0 Å². The minimum absolute atomic E-state index is 0.116. The SMILES string of the molecule is Nc1nc(-c2ccc(NS(=O)O)c(COc3ccc(F)cc3F)c2)cs1. The number of ether oxygens (including phenoxy) is 1. The van der Waals surface area contributed by atoms with E-state index in [0.717, 1.165) is 6.07 Å². The molecule has 1 heterocycles. The Bertz CT molecular complexity index is 966. The van der Waals surface area contributed by atoms with Crippen LogP contribution >= 0.6 is 11.3 Å². The van der Waals surface area contributed by atoms with Crippen molar-refractivity contribution < 1.29 is 22.3 Å². The van der Waals surface area contributed by atoms with Crippen molar-refractivity contribution in [3.63, 3.8) is 0 Å². The normalized spacial score (nSPS) is 12.0. The van der Waals surface area contributed by atoms with Crippen LogP contribution in [0.25, 0.3) is 11.3 Å². The molecule has 136 valence electrons. The van der Waals surface area contributed by atoms with Gasteiger partial charge in [-0.25, -0.2) is 18.0 Å². The van der Waals surface area contributed by atoms with Crippen LogP contribution in [-0.2, 0) is 17.9 Å². The van der Waals surface area contributed by atoms with Crippen molar-refractivity contribution in [1.82, 2.24) is 4.98 Å². The first kappa shape index (κ1) is 18.2. The molecule has 3 rings (SSSR count). The average molecular weight is 397 g/mol. The third-order valence-electron chi connectivity index (χ3n) is 3.40. The largest absolute Gasteiger partial charge is 0.486 e. The third kappa shape index (κ3) is 4.34. The molecule has 0 radical (unpaired) electrons. The zero-order valence-electron chi connectivity index (χ0n) is 13.1. The highest BCUT2D eigenvalue weighted by atomic mass is 32.2. The number of thiazole rings is 1. The fourth-order valence-corrected chi connectivity index (χ4v) is 3.19. The van der Waals surface area contributed by atoms with Crippen LogP contribution in [0.5, 0.6) is 5.75 Å². The lowest BCUT2D eigenvalue weighted by atomic mass is 10.1. The van der Waals surface area contributed by atoms with E-state index in [-0.39, 0.29) is 12.4 Å². The summed E-state index contributed by atoms with van der Waals surface area (Å²) in [5.41, 5.74) is 7.81. The first-order chi connectivity index (χ1) is 12.4. The minimum Gasteiger partial charge on any atom is -0.486 e. The number of nitrogens with zero attached hydrogens (tertiary/aromatic N) is 1. The van der Waals surface area contributed by atoms with Crippen molar-refractivity contribution in [3.05, 3.63) is 59.0 Å². The second-order valence-corrected chi connectivity index (χ2v) is 6.75. The van der Waals surface area contributed by atoms with E-state index in [1.54, 1.807) is 23.6 Å². The molecular formula is C16H13F2N3O3S2. The predicted molar refractivity (Wildman–Crippen MR) is 97.0 cm³/mol. The Labute approximate surface area is 154 Å². The Hall–Kier alpha value is -2.56. The highest BCUT2D eigenvalue weighted by Crippen LogP contribution is 2.29. The van der Waals surface area contributed by atoms with E-state index in [1.807, 2.05) is 0 Å². The number of hydrogen-bond acceptors (Lipinski definition) is 5. The summed E-state index contributed by atoms with van der Waals surface area (Å²) in [6.45, 7) is -0.116. The van der Waals surface area contributed by atoms with E-state index in [2.05, 4.69) is 9.71 Å². The summed E-state index contributed by atoms with van der Waals surface area (Å²) in [7, 11) is 0.